The number of carbonyl (C=O) groups is 2. The SMILES string of the molecule is Cc1ccc(-c2nnc(CCC(=O)OC(C)C(=O)NC3CC3)o2)cc1. The summed E-state index contributed by atoms with van der Waals surface area (Å²) in [5.41, 5.74) is 1.98. The number of amides is 1. The molecule has 1 N–H and O–H groups in total. The van der Waals surface area contributed by atoms with Crippen molar-refractivity contribution in [2.45, 2.75) is 51.7 Å². The van der Waals surface area contributed by atoms with Gasteiger partial charge in [0.25, 0.3) is 5.91 Å². The number of benzene rings is 1. The molecule has 1 heterocycles. The van der Waals surface area contributed by atoms with E-state index in [2.05, 4.69) is 15.5 Å². The Bertz CT molecular complexity index is 750. The number of hydrogen-bond donors (Lipinski definition) is 1. The molecule has 1 fully saturated rings. The second-order valence-electron chi connectivity index (χ2n) is 6.28. The predicted molar refractivity (Wildman–Crippen MR) is 89.5 cm³/mol. The van der Waals surface area contributed by atoms with Crippen LogP contribution in [0.15, 0.2) is 28.7 Å². The van der Waals surface area contributed by atoms with Crippen LogP contribution in [0.25, 0.3) is 11.5 Å². The quantitative estimate of drug-likeness (QED) is 0.775. The van der Waals surface area contributed by atoms with Gasteiger partial charge >= 0.3 is 5.97 Å². The molecule has 132 valence electrons. The average Bonchev–Trinajstić information content (AvgIpc) is 3.28. The summed E-state index contributed by atoms with van der Waals surface area (Å²) < 4.78 is 10.7. The van der Waals surface area contributed by atoms with Gasteiger partial charge in [0.05, 0.1) is 6.42 Å². The molecule has 1 aromatic carbocycles. The second kappa shape index (κ2) is 7.46. The zero-order valence-electron chi connectivity index (χ0n) is 14.3. The lowest BCUT2D eigenvalue weighted by atomic mass is 10.1. The first-order valence-electron chi connectivity index (χ1n) is 8.40. The van der Waals surface area contributed by atoms with Crippen molar-refractivity contribution in [3.63, 3.8) is 0 Å². The van der Waals surface area contributed by atoms with E-state index < -0.39 is 12.1 Å². The van der Waals surface area contributed by atoms with Gasteiger partial charge in [0.1, 0.15) is 0 Å². The summed E-state index contributed by atoms with van der Waals surface area (Å²) in [6.45, 7) is 3.57. The van der Waals surface area contributed by atoms with Crippen molar-refractivity contribution in [3.05, 3.63) is 35.7 Å². The van der Waals surface area contributed by atoms with E-state index >= 15 is 0 Å². The Labute approximate surface area is 145 Å². The van der Waals surface area contributed by atoms with Crippen LogP contribution in [-0.4, -0.2) is 34.2 Å². The molecule has 3 rings (SSSR count). The fourth-order valence-corrected chi connectivity index (χ4v) is 2.23. The standard InChI is InChI=1S/C18H21N3O4/c1-11-3-5-13(6-4-11)18-21-20-15(25-18)9-10-16(22)24-12(2)17(23)19-14-7-8-14/h3-6,12,14H,7-10H2,1-2H3,(H,19,23). The van der Waals surface area contributed by atoms with Gasteiger partial charge in [0.15, 0.2) is 6.10 Å². The lowest BCUT2D eigenvalue weighted by molar-refractivity contribution is -0.154. The molecule has 2 aromatic rings. The largest absolute Gasteiger partial charge is 0.453 e. The highest BCUT2D eigenvalue weighted by atomic mass is 16.5. The van der Waals surface area contributed by atoms with Crippen molar-refractivity contribution < 1.29 is 18.7 Å². The Morgan fingerprint density at radius 2 is 2.00 bits per heavy atom. The fourth-order valence-electron chi connectivity index (χ4n) is 2.23. The van der Waals surface area contributed by atoms with Crippen molar-refractivity contribution in [2.75, 3.05) is 0 Å². The molecule has 1 unspecified atom stereocenters. The number of carbonyl (C=O) groups excluding carboxylic acids is 2. The van der Waals surface area contributed by atoms with E-state index in [9.17, 15) is 9.59 Å². The van der Waals surface area contributed by atoms with E-state index in [0.29, 0.717) is 11.8 Å². The molecule has 1 saturated carbocycles. The van der Waals surface area contributed by atoms with Crippen LogP contribution >= 0.6 is 0 Å². The van der Waals surface area contributed by atoms with E-state index in [1.807, 2.05) is 31.2 Å². The van der Waals surface area contributed by atoms with Gasteiger partial charge < -0.3 is 14.5 Å². The highest BCUT2D eigenvalue weighted by molar-refractivity contribution is 5.83. The molecule has 1 amide bonds. The number of rotatable bonds is 7. The number of nitrogens with zero attached hydrogens (tertiary/aromatic N) is 2. The highest BCUT2D eigenvalue weighted by Gasteiger charge is 2.27. The summed E-state index contributed by atoms with van der Waals surface area (Å²) in [6.07, 6.45) is 1.55. The predicted octanol–water partition coefficient (Wildman–Crippen LogP) is 2.19. The van der Waals surface area contributed by atoms with Crippen LogP contribution in [-0.2, 0) is 20.7 Å². The number of aryl methyl sites for hydroxylation is 2. The summed E-state index contributed by atoms with van der Waals surface area (Å²) in [5, 5.41) is 10.7. The lowest BCUT2D eigenvalue weighted by Gasteiger charge is -2.12. The van der Waals surface area contributed by atoms with Crippen LogP contribution in [0.4, 0.5) is 0 Å². The Morgan fingerprint density at radius 3 is 2.68 bits per heavy atom. The summed E-state index contributed by atoms with van der Waals surface area (Å²) >= 11 is 0. The van der Waals surface area contributed by atoms with Gasteiger partial charge in [0.2, 0.25) is 11.8 Å². The summed E-state index contributed by atoms with van der Waals surface area (Å²) in [6, 6.07) is 7.98. The van der Waals surface area contributed by atoms with Gasteiger partial charge in [-0.3, -0.25) is 9.59 Å². The Balaban J connectivity index is 1.47. The van der Waals surface area contributed by atoms with Gasteiger partial charge in [-0.2, -0.15) is 0 Å². The summed E-state index contributed by atoms with van der Waals surface area (Å²) in [4.78, 5) is 23.6. The van der Waals surface area contributed by atoms with Crippen LogP contribution in [0.2, 0.25) is 0 Å². The van der Waals surface area contributed by atoms with Crippen molar-refractivity contribution in [2.24, 2.45) is 0 Å². The second-order valence-corrected chi connectivity index (χ2v) is 6.28. The van der Waals surface area contributed by atoms with Gasteiger partial charge in [-0.15, -0.1) is 10.2 Å². The third-order valence-corrected chi connectivity index (χ3v) is 3.91. The lowest BCUT2D eigenvalue weighted by Crippen LogP contribution is -2.37. The van der Waals surface area contributed by atoms with Gasteiger partial charge in [-0.05, 0) is 38.8 Å². The average molecular weight is 343 g/mol. The first-order valence-corrected chi connectivity index (χ1v) is 8.40. The monoisotopic (exact) mass is 343 g/mol. The minimum Gasteiger partial charge on any atom is -0.453 e. The summed E-state index contributed by atoms with van der Waals surface area (Å²) in [5.74, 6) is 0.0620. The van der Waals surface area contributed by atoms with Crippen LogP contribution in [0.1, 0.15) is 37.6 Å². The van der Waals surface area contributed by atoms with Crippen molar-refractivity contribution in [3.8, 4) is 11.5 Å². The molecule has 0 radical (unpaired) electrons. The van der Waals surface area contributed by atoms with Crippen LogP contribution in [0, 0.1) is 6.92 Å². The molecule has 1 aromatic heterocycles. The number of esters is 1. The molecule has 25 heavy (non-hydrogen) atoms. The minimum absolute atomic E-state index is 0.0799. The Hall–Kier alpha value is -2.70. The highest BCUT2D eigenvalue weighted by Crippen LogP contribution is 2.20. The fraction of sp³-hybridized carbons (Fsp3) is 0.444. The first kappa shape index (κ1) is 17.1. The van der Waals surface area contributed by atoms with E-state index in [4.69, 9.17) is 9.15 Å². The van der Waals surface area contributed by atoms with Crippen LogP contribution < -0.4 is 5.32 Å². The zero-order chi connectivity index (χ0) is 17.8. The van der Waals surface area contributed by atoms with Crippen LogP contribution in [0.3, 0.4) is 0 Å². The Morgan fingerprint density at radius 1 is 1.28 bits per heavy atom. The molecule has 1 aliphatic rings. The maximum absolute atomic E-state index is 11.9. The number of nitrogens with one attached hydrogen (secondary N) is 1. The number of ether oxygens (including phenoxy) is 1. The molecule has 0 spiro atoms. The maximum Gasteiger partial charge on any atom is 0.307 e. The zero-order valence-corrected chi connectivity index (χ0v) is 14.3. The topological polar surface area (TPSA) is 94.3 Å². The van der Waals surface area contributed by atoms with E-state index in [1.54, 1.807) is 6.92 Å². The van der Waals surface area contributed by atoms with Gasteiger partial charge in [0, 0.05) is 18.0 Å². The minimum atomic E-state index is -0.793. The van der Waals surface area contributed by atoms with Gasteiger partial charge in [-0.1, -0.05) is 17.7 Å². The van der Waals surface area contributed by atoms with Gasteiger partial charge in [-0.25, -0.2) is 0 Å². The number of aromatic nitrogens is 2. The molecule has 1 aliphatic carbocycles. The molecular formula is C18H21N3O4. The normalized spacial score (nSPS) is 14.8. The van der Waals surface area contributed by atoms with Crippen LogP contribution in [0.5, 0.6) is 0 Å². The summed E-state index contributed by atoms with van der Waals surface area (Å²) in [7, 11) is 0. The number of hydrogen-bond acceptors (Lipinski definition) is 6. The molecule has 0 aliphatic heterocycles. The molecular weight excluding hydrogens is 322 g/mol. The van der Waals surface area contributed by atoms with Crippen molar-refractivity contribution in [1.29, 1.82) is 0 Å². The molecule has 7 heteroatoms. The smallest absolute Gasteiger partial charge is 0.307 e. The first-order chi connectivity index (χ1) is 12.0. The maximum atomic E-state index is 11.9. The van der Waals surface area contributed by atoms with Crippen molar-refractivity contribution in [1.82, 2.24) is 15.5 Å². The third kappa shape index (κ3) is 4.89. The van der Waals surface area contributed by atoms with E-state index in [-0.39, 0.29) is 24.8 Å². The molecule has 1 atom stereocenters. The van der Waals surface area contributed by atoms with Crippen molar-refractivity contribution >= 4 is 11.9 Å². The Kier molecular flexibility index (Phi) is 5.11. The van der Waals surface area contributed by atoms with E-state index in [1.165, 1.54) is 0 Å². The molecule has 0 saturated heterocycles. The van der Waals surface area contributed by atoms with E-state index in [0.717, 1.165) is 24.0 Å². The molecule has 7 nitrogen and oxygen atoms in total. The molecule has 0 bridgehead atoms. The third-order valence-electron chi connectivity index (χ3n) is 3.91.